The van der Waals surface area contributed by atoms with Crippen LogP contribution in [0.25, 0.3) is 10.7 Å². The van der Waals surface area contributed by atoms with Crippen LogP contribution in [0.3, 0.4) is 0 Å². The van der Waals surface area contributed by atoms with Crippen molar-refractivity contribution in [3.05, 3.63) is 35.8 Å². The summed E-state index contributed by atoms with van der Waals surface area (Å²) in [4.78, 5) is 21.7. The van der Waals surface area contributed by atoms with E-state index in [2.05, 4.69) is 25.4 Å². The second kappa shape index (κ2) is 7.11. The van der Waals surface area contributed by atoms with Crippen LogP contribution in [0.2, 0.25) is 0 Å². The molecule has 4 rings (SSSR count). The maximum atomic E-state index is 12.2. The molecule has 0 aromatic carbocycles. The topological polar surface area (TPSA) is 93.2 Å². The van der Waals surface area contributed by atoms with E-state index in [0.717, 1.165) is 18.0 Å². The van der Waals surface area contributed by atoms with Crippen molar-refractivity contribution in [2.45, 2.75) is 13.1 Å². The first-order valence-electron chi connectivity index (χ1n) is 7.98. The average Bonchev–Trinajstić information content (AvgIpc) is 3.38. The molecule has 1 aliphatic heterocycles. The molecule has 1 amide bonds. The van der Waals surface area contributed by atoms with Gasteiger partial charge in [0, 0.05) is 32.4 Å². The number of thiophene rings is 1. The third kappa shape index (κ3) is 3.74. The number of piperazine rings is 1. The summed E-state index contributed by atoms with van der Waals surface area (Å²) in [6, 6.07) is 3.93. The second-order valence-electron chi connectivity index (χ2n) is 5.75. The Morgan fingerprint density at radius 3 is 2.88 bits per heavy atom. The third-order valence-electron chi connectivity index (χ3n) is 4.06. The van der Waals surface area contributed by atoms with Crippen molar-refractivity contribution in [3.63, 3.8) is 0 Å². The Morgan fingerprint density at radius 1 is 1.28 bits per heavy atom. The molecule has 1 aliphatic rings. The molecule has 0 unspecified atom stereocenters. The van der Waals surface area contributed by atoms with E-state index >= 15 is 0 Å². The van der Waals surface area contributed by atoms with Gasteiger partial charge in [0.2, 0.25) is 17.6 Å². The predicted octanol–water partition coefficient (Wildman–Crippen LogP) is 0.734. The molecule has 0 saturated carbocycles. The van der Waals surface area contributed by atoms with E-state index < -0.39 is 0 Å². The second-order valence-corrected chi connectivity index (χ2v) is 6.69. The Hall–Kier alpha value is -2.59. The van der Waals surface area contributed by atoms with E-state index in [1.165, 1.54) is 0 Å². The van der Waals surface area contributed by atoms with Crippen LogP contribution in [-0.4, -0.2) is 67.0 Å². The number of carbonyl (C=O) groups excluding carboxylic acids is 1. The van der Waals surface area contributed by atoms with Gasteiger partial charge in [0.1, 0.15) is 6.54 Å². The average molecular weight is 359 g/mol. The van der Waals surface area contributed by atoms with Crippen molar-refractivity contribution in [1.82, 2.24) is 34.9 Å². The zero-order valence-electron chi connectivity index (χ0n) is 13.5. The highest BCUT2D eigenvalue weighted by molar-refractivity contribution is 7.13. The zero-order valence-corrected chi connectivity index (χ0v) is 14.3. The standard InChI is InChI=1S/C15H17N7O2S/c23-14(11-22-4-3-16-19-22)21-7-5-20(6-8-21)10-13-17-15(18-24-13)12-2-1-9-25-12/h1-4,9H,5-8,10-11H2. The lowest BCUT2D eigenvalue weighted by molar-refractivity contribution is -0.133. The summed E-state index contributed by atoms with van der Waals surface area (Å²) in [6.07, 6.45) is 3.26. The summed E-state index contributed by atoms with van der Waals surface area (Å²) in [7, 11) is 0. The van der Waals surface area contributed by atoms with Crippen LogP contribution in [0.4, 0.5) is 0 Å². The first kappa shape index (κ1) is 15.9. The lowest BCUT2D eigenvalue weighted by atomic mass is 10.3. The summed E-state index contributed by atoms with van der Waals surface area (Å²) >= 11 is 1.59. The van der Waals surface area contributed by atoms with Gasteiger partial charge in [-0.1, -0.05) is 16.4 Å². The van der Waals surface area contributed by atoms with Gasteiger partial charge in [-0.2, -0.15) is 4.98 Å². The van der Waals surface area contributed by atoms with Gasteiger partial charge < -0.3 is 9.42 Å². The largest absolute Gasteiger partial charge is 0.339 e. The van der Waals surface area contributed by atoms with Crippen molar-refractivity contribution >= 4 is 17.2 Å². The van der Waals surface area contributed by atoms with Gasteiger partial charge in [-0.25, -0.2) is 4.68 Å². The number of carbonyl (C=O) groups is 1. The zero-order chi connectivity index (χ0) is 17.1. The highest BCUT2D eigenvalue weighted by Crippen LogP contribution is 2.21. The van der Waals surface area contributed by atoms with Crippen LogP contribution in [0.1, 0.15) is 5.89 Å². The lowest BCUT2D eigenvalue weighted by Crippen LogP contribution is -2.49. The van der Waals surface area contributed by atoms with Gasteiger partial charge in [-0.15, -0.1) is 16.4 Å². The van der Waals surface area contributed by atoms with E-state index in [1.807, 2.05) is 22.4 Å². The molecule has 0 spiro atoms. The Balaban J connectivity index is 1.28. The molecule has 0 atom stereocenters. The van der Waals surface area contributed by atoms with Gasteiger partial charge in [0.25, 0.3) is 0 Å². The molecule has 1 saturated heterocycles. The molecule has 1 fully saturated rings. The van der Waals surface area contributed by atoms with Crippen molar-refractivity contribution in [1.29, 1.82) is 0 Å². The van der Waals surface area contributed by atoms with E-state index in [4.69, 9.17) is 4.52 Å². The van der Waals surface area contributed by atoms with E-state index in [-0.39, 0.29) is 12.5 Å². The van der Waals surface area contributed by atoms with Gasteiger partial charge in [0.15, 0.2) is 0 Å². The van der Waals surface area contributed by atoms with Crippen molar-refractivity contribution < 1.29 is 9.32 Å². The summed E-state index contributed by atoms with van der Waals surface area (Å²) in [5, 5.41) is 13.6. The highest BCUT2D eigenvalue weighted by Gasteiger charge is 2.23. The van der Waals surface area contributed by atoms with Gasteiger partial charge >= 0.3 is 0 Å². The molecular formula is C15H17N7O2S. The van der Waals surface area contributed by atoms with Crippen LogP contribution >= 0.6 is 11.3 Å². The van der Waals surface area contributed by atoms with Crippen LogP contribution in [0, 0.1) is 0 Å². The fourth-order valence-corrected chi connectivity index (χ4v) is 3.38. The summed E-state index contributed by atoms with van der Waals surface area (Å²) in [6.45, 7) is 3.75. The minimum atomic E-state index is 0.0583. The van der Waals surface area contributed by atoms with Crippen LogP contribution < -0.4 is 0 Å². The Bertz CT molecular complexity index is 807. The van der Waals surface area contributed by atoms with Crippen LogP contribution in [-0.2, 0) is 17.9 Å². The Morgan fingerprint density at radius 2 is 2.16 bits per heavy atom. The molecular weight excluding hydrogens is 342 g/mol. The minimum Gasteiger partial charge on any atom is -0.339 e. The number of nitrogens with zero attached hydrogens (tertiary/aromatic N) is 7. The van der Waals surface area contributed by atoms with E-state index in [9.17, 15) is 4.79 Å². The molecule has 0 aliphatic carbocycles. The molecule has 0 N–H and O–H groups in total. The molecule has 4 heterocycles. The SMILES string of the molecule is O=C(Cn1ccnn1)N1CCN(Cc2nc(-c3cccs3)no2)CC1. The number of amides is 1. The normalized spacial score (nSPS) is 15.6. The summed E-state index contributed by atoms with van der Waals surface area (Å²) in [5.74, 6) is 1.29. The molecule has 9 nitrogen and oxygen atoms in total. The number of rotatable bonds is 5. The van der Waals surface area contributed by atoms with Crippen LogP contribution in [0.15, 0.2) is 34.4 Å². The summed E-state index contributed by atoms with van der Waals surface area (Å²) < 4.78 is 6.88. The smallest absolute Gasteiger partial charge is 0.244 e. The lowest BCUT2D eigenvalue weighted by Gasteiger charge is -2.33. The fraction of sp³-hybridized carbons (Fsp3) is 0.400. The maximum absolute atomic E-state index is 12.2. The number of aromatic nitrogens is 5. The minimum absolute atomic E-state index is 0.0583. The molecule has 25 heavy (non-hydrogen) atoms. The number of hydrogen-bond acceptors (Lipinski definition) is 8. The number of hydrogen-bond donors (Lipinski definition) is 0. The third-order valence-corrected chi connectivity index (χ3v) is 4.93. The van der Waals surface area contributed by atoms with Gasteiger partial charge in [0.05, 0.1) is 17.6 Å². The Labute approximate surface area is 147 Å². The maximum Gasteiger partial charge on any atom is 0.244 e. The monoisotopic (exact) mass is 359 g/mol. The molecule has 0 radical (unpaired) electrons. The van der Waals surface area contributed by atoms with Crippen LogP contribution in [0.5, 0.6) is 0 Å². The summed E-state index contributed by atoms with van der Waals surface area (Å²) in [5.41, 5.74) is 0. The molecule has 130 valence electrons. The van der Waals surface area contributed by atoms with Crippen molar-refractivity contribution in [3.8, 4) is 10.7 Å². The molecule has 10 heteroatoms. The van der Waals surface area contributed by atoms with E-state index in [1.54, 1.807) is 28.4 Å². The molecule has 3 aromatic heterocycles. The first-order valence-corrected chi connectivity index (χ1v) is 8.86. The first-order chi connectivity index (χ1) is 12.3. The quantitative estimate of drug-likeness (QED) is 0.663. The van der Waals surface area contributed by atoms with Gasteiger partial charge in [-0.3, -0.25) is 9.69 Å². The Kier molecular flexibility index (Phi) is 4.53. The van der Waals surface area contributed by atoms with Crippen molar-refractivity contribution in [2.24, 2.45) is 0 Å². The van der Waals surface area contributed by atoms with Crippen molar-refractivity contribution in [2.75, 3.05) is 26.2 Å². The predicted molar refractivity (Wildman–Crippen MR) is 89.5 cm³/mol. The van der Waals surface area contributed by atoms with E-state index in [0.29, 0.717) is 31.3 Å². The fourth-order valence-electron chi connectivity index (χ4n) is 2.73. The highest BCUT2D eigenvalue weighted by atomic mass is 32.1. The molecule has 3 aromatic rings. The van der Waals surface area contributed by atoms with Gasteiger partial charge in [-0.05, 0) is 11.4 Å². The molecule has 0 bridgehead atoms.